The number of halogens is 1. The number of benzene rings is 2. The number of rotatable bonds is 7. The highest BCUT2D eigenvalue weighted by atomic mass is 19.1. The second-order valence-corrected chi connectivity index (χ2v) is 11.5. The molecular formula is C31H34FN3O5. The Morgan fingerprint density at radius 2 is 1.73 bits per heavy atom. The summed E-state index contributed by atoms with van der Waals surface area (Å²) >= 11 is 0. The first-order chi connectivity index (χ1) is 19.2. The van der Waals surface area contributed by atoms with Crippen molar-refractivity contribution >= 4 is 23.4 Å². The Morgan fingerprint density at radius 1 is 1.02 bits per heavy atom. The molecule has 2 N–H and O–H groups in total. The third kappa shape index (κ3) is 4.36. The summed E-state index contributed by atoms with van der Waals surface area (Å²) in [4.78, 5) is 43.5. The van der Waals surface area contributed by atoms with Gasteiger partial charge in [0.1, 0.15) is 23.2 Å². The van der Waals surface area contributed by atoms with Crippen molar-refractivity contribution in [2.75, 3.05) is 12.4 Å². The van der Waals surface area contributed by atoms with Gasteiger partial charge in [-0.3, -0.25) is 14.4 Å². The molecule has 0 radical (unpaired) electrons. The molecule has 2 aromatic carbocycles. The molecule has 5 atom stereocenters. The fraction of sp³-hybridized carbons (Fsp3) is 0.452. The predicted molar refractivity (Wildman–Crippen MR) is 146 cm³/mol. The molecule has 8 nitrogen and oxygen atoms in total. The Bertz CT molecular complexity index is 1340. The minimum absolute atomic E-state index is 0.0466. The first-order valence-corrected chi connectivity index (χ1v) is 13.9. The number of ether oxygens (including phenoxy) is 2. The number of likely N-dealkylation sites (tertiary alicyclic amines) is 1. The Balaban J connectivity index is 1.34. The lowest BCUT2D eigenvalue weighted by Crippen LogP contribution is -2.56. The Morgan fingerprint density at radius 3 is 2.40 bits per heavy atom. The molecule has 0 unspecified atom stereocenters. The molecule has 3 heterocycles. The van der Waals surface area contributed by atoms with Crippen LogP contribution in [0, 0.1) is 17.7 Å². The lowest BCUT2D eigenvalue weighted by Gasteiger charge is -2.34. The van der Waals surface area contributed by atoms with Crippen molar-refractivity contribution < 1.29 is 28.2 Å². The Hall–Kier alpha value is -3.72. The molecule has 3 aliphatic heterocycles. The summed E-state index contributed by atoms with van der Waals surface area (Å²) in [5.41, 5.74) is -1.09. The zero-order chi connectivity index (χ0) is 28.1. The Labute approximate surface area is 232 Å². The third-order valence-corrected chi connectivity index (χ3v) is 8.90. The van der Waals surface area contributed by atoms with Gasteiger partial charge in [-0.05, 0) is 61.7 Å². The molecule has 1 spiro atoms. The van der Waals surface area contributed by atoms with Crippen LogP contribution in [0.5, 0.6) is 5.75 Å². The van der Waals surface area contributed by atoms with Gasteiger partial charge in [-0.25, -0.2) is 4.39 Å². The molecule has 1 aliphatic carbocycles. The van der Waals surface area contributed by atoms with E-state index in [1.807, 2.05) is 36.4 Å². The van der Waals surface area contributed by atoms with E-state index in [-0.39, 0.29) is 24.4 Å². The van der Waals surface area contributed by atoms with Gasteiger partial charge in [0.2, 0.25) is 17.7 Å². The second kappa shape index (κ2) is 10.0. The van der Waals surface area contributed by atoms with Gasteiger partial charge in [-0.2, -0.15) is 0 Å². The number of nitrogens with zero attached hydrogens (tertiary/aromatic N) is 1. The van der Waals surface area contributed by atoms with E-state index in [2.05, 4.69) is 10.6 Å². The van der Waals surface area contributed by atoms with Gasteiger partial charge in [0.25, 0.3) is 0 Å². The number of anilines is 1. The monoisotopic (exact) mass is 547 g/mol. The average molecular weight is 548 g/mol. The number of carbonyl (C=O) groups is 3. The zero-order valence-electron chi connectivity index (χ0n) is 22.7. The summed E-state index contributed by atoms with van der Waals surface area (Å²) in [5.74, 6) is -2.45. The van der Waals surface area contributed by atoms with Crippen LogP contribution in [0.3, 0.4) is 0 Å². The standard InChI is InChI=1S/C31H34FN3O5/c1-30-16-17-31(40-30)25(24(30)27(36)33-22-12-10-20(32)11-13-22)29(38)35(18-19-8-14-23(39-2)15-9-19)26(31)28(37)34-21-6-4-3-5-7-21/h8-17,21,24-26H,3-7,18H2,1-2H3,(H,33,36)(H,34,37)/t24-,25-,26-,30-,31+/m1/s1. The molecule has 6 rings (SSSR count). The Kier molecular flexibility index (Phi) is 6.65. The summed E-state index contributed by atoms with van der Waals surface area (Å²) in [5, 5.41) is 6.04. The molecule has 2 saturated heterocycles. The van der Waals surface area contributed by atoms with Crippen LogP contribution in [0.2, 0.25) is 0 Å². The fourth-order valence-electron chi connectivity index (χ4n) is 7.01. The largest absolute Gasteiger partial charge is 0.497 e. The van der Waals surface area contributed by atoms with Crippen LogP contribution < -0.4 is 15.4 Å². The average Bonchev–Trinajstić information content (AvgIpc) is 3.51. The lowest BCUT2D eigenvalue weighted by molar-refractivity contribution is -0.145. The zero-order valence-corrected chi connectivity index (χ0v) is 22.7. The van der Waals surface area contributed by atoms with E-state index in [9.17, 15) is 18.8 Å². The minimum atomic E-state index is -1.28. The maximum Gasteiger partial charge on any atom is 0.246 e. The quantitative estimate of drug-likeness (QED) is 0.512. The molecule has 2 bridgehead atoms. The van der Waals surface area contributed by atoms with Crippen molar-refractivity contribution in [3.05, 3.63) is 72.1 Å². The normalized spacial score (nSPS) is 30.8. The number of nitrogens with one attached hydrogen (secondary N) is 2. The summed E-state index contributed by atoms with van der Waals surface area (Å²) in [6, 6.07) is 11.9. The summed E-state index contributed by atoms with van der Waals surface area (Å²) < 4.78 is 25.3. The predicted octanol–water partition coefficient (Wildman–Crippen LogP) is 3.96. The minimum Gasteiger partial charge on any atom is -0.497 e. The van der Waals surface area contributed by atoms with Crippen molar-refractivity contribution in [2.45, 2.75) is 68.9 Å². The molecule has 210 valence electrons. The summed E-state index contributed by atoms with van der Waals surface area (Å²) in [7, 11) is 1.59. The molecular weight excluding hydrogens is 513 g/mol. The van der Waals surface area contributed by atoms with Gasteiger partial charge in [0.05, 0.1) is 24.5 Å². The smallest absolute Gasteiger partial charge is 0.246 e. The molecule has 4 aliphatic rings. The summed E-state index contributed by atoms with van der Waals surface area (Å²) in [6.07, 6.45) is 8.69. The molecule has 1 saturated carbocycles. The highest BCUT2D eigenvalue weighted by molar-refractivity contribution is 6.03. The molecule has 9 heteroatoms. The highest BCUT2D eigenvalue weighted by Crippen LogP contribution is 2.60. The molecule has 0 aromatic heterocycles. The van der Waals surface area contributed by atoms with Gasteiger partial charge >= 0.3 is 0 Å². The van der Waals surface area contributed by atoms with Crippen molar-refractivity contribution in [3.8, 4) is 5.75 Å². The van der Waals surface area contributed by atoms with Crippen molar-refractivity contribution in [3.63, 3.8) is 0 Å². The number of amides is 3. The molecule has 3 amide bonds. The van der Waals surface area contributed by atoms with Crippen LogP contribution in [-0.4, -0.2) is 53.0 Å². The van der Waals surface area contributed by atoms with E-state index in [0.717, 1.165) is 37.7 Å². The van der Waals surface area contributed by atoms with Crippen LogP contribution in [-0.2, 0) is 25.7 Å². The van der Waals surface area contributed by atoms with Gasteiger partial charge in [0, 0.05) is 18.3 Å². The van der Waals surface area contributed by atoms with Crippen LogP contribution in [0.1, 0.15) is 44.6 Å². The van der Waals surface area contributed by atoms with Crippen molar-refractivity contribution in [1.29, 1.82) is 0 Å². The van der Waals surface area contributed by atoms with Crippen LogP contribution in [0.25, 0.3) is 0 Å². The molecule has 3 fully saturated rings. The first kappa shape index (κ1) is 26.5. The number of hydrogen-bond donors (Lipinski definition) is 2. The van der Waals surface area contributed by atoms with E-state index in [0.29, 0.717) is 11.4 Å². The summed E-state index contributed by atoms with van der Waals surface area (Å²) in [6.45, 7) is 1.96. The first-order valence-electron chi connectivity index (χ1n) is 13.9. The molecule has 2 aromatic rings. The van der Waals surface area contributed by atoms with Gasteiger partial charge < -0.3 is 25.0 Å². The van der Waals surface area contributed by atoms with Gasteiger partial charge in [0.15, 0.2) is 0 Å². The number of methoxy groups -OCH3 is 1. The van der Waals surface area contributed by atoms with Crippen LogP contribution in [0.4, 0.5) is 10.1 Å². The molecule has 40 heavy (non-hydrogen) atoms. The maximum atomic E-state index is 14.2. The van der Waals surface area contributed by atoms with Crippen LogP contribution in [0.15, 0.2) is 60.7 Å². The maximum absolute atomic E-state index is 14.2. The number of hydrogen-bond acceptors (Lipinski definition) is 5. The topological polar surface area (TPSA) is 97.0 Å². The fourth-order valence-corrected chi connectivity index (χ4v) is 7.01. The third-order valence-electron chi connectivity index (χ3n) is 8.90. The van der Waals surface area contributed by atoms with E-state index in [4.69, 9.17) is 9.47 Å². The van der Waals surface area contributed by atoms with E-state index >= 15 is 0 Å². The van der Waals surface area contributed by atoms with E-state index in [1.54, 1.807) is 18.9 Å². The second-order valence-electron chi connectivity index (χ2n) is 11.5. The van der Waals surface area contributed by atoms with Gasteiger partial charge in [-0.15, -0.1) is 0 Å². The van der Waals surface area contributed by atoms with Crippen molar-refractivity contribution in [2.24, 2.45) is 11.8 Å². The van der Waals surface area contributed by atoms with E-state index < -0.39 is 40.8 Å². The van der Waals surface area contributed by atoms with Crippen molar-refractivity contribution in [1.82, 2.24) is 10.2 Å². The van der Waals surface area contributed by atoms with Gasteiger partial charge in [-0.1, -0.05) is 43.5 Å². The van der Waals surface area contributed by atoms with Crippen LogP contribution >= 0.6 is 0 Å². The lowest BCUT2D eigenvalue weighted by atomic mass is 9.70. The number of carbonyl (C=O) groups excluding carboxylic acids is 3. The SMILES string of the molecule is COc1ccc(CN2C(=O)[C@H]3[C@H](C(=O)Nc4ccc(F)cc4)[C@@]4(C)C=C[C@@]3(O4)[C@H]2C(=O)NC2CCCCC2)cc1. The van der Waals surface area contributed by atoms with E-state index in [1.165, 1.54) is 24.3 Å². The highest BCUT2D eigenvalue weighted by Gasteiger charge is 2.76. The number of fused-ring (bicyclic) bond motifs is 1.